The van der Waals surface area contributed by atoms with Gasteiger partial charge in [-0.05, 0) is 36.6 Å². The molecule has 7 nitrogen and oxygen atoms in total. The van der Waals surface area contributed by atoms with Crippen LogP contribution in [0.5, 0.6) is 5.75 Å². The number of hydrogen-bond donors (Lipinski definition) is 2. The summed E-state index contributed by atoms with van der Waals surface area (Å²) in [5.74, 6) is -0.0264. The topological polar surface area (TPSA) is 86.9 Å². The summed E-state index contributed by atoms with van der Waals surface area (Å²) >= 11 is 0. The summed E-state index contributed by atoms with van der Waals surface area (Å²) < 4.78 is 1.18. The second-order valence-electron chi connectivity index (χ2n) is 7.02. The molecule has 28 heavy (non-hydrogen) atoms. The fraction of sp³-hybridized carbons (Fsp3) is 0.286. The number of pyridine rings is 1. The monoisotopic (exact) mass is 378 g/mol. The van der Waals surface area contributed by atoms with E-state index in [4.69, 9.17) is 0 Å². The average Bonchev–Trinajstić information content (AvgIpc) is 3.18. The van der Waals surface area contributed by atoms with Crippen LogP contribution in [0, 0.1) is 0 Å². The van der Waals surface area contributed by atoms with E-state index in [1.54, 1.807) is 0 Å². The van der Waals surface area contributed by atoms with Crippen molar-refractivity contribution >= 4 is 11.6 Å². The lowest BCUT2D eigenvalue weighted by molar-refractivity contribution is 0.0947. The zero-order valence-electron chi connectivity index (χ0n) is 15.4. The molecule has 0 bridgehead atoms. The predicted molar refractivity (Wildman–Crippen MR) is 106 cm³/mol. The molecule has 2 aromatic heterocycles. The molecular weight excluding hydrogens is 356 g/mol. The van der Waals surface area contributed by atoms with Gasteiger partial charge in [-0.15, -0.1) is 0 Å². The number of nitrogens with one attached hydrogen (secondary N) is 1. The van der Waals surface area contributed by atoms with Crippen LogP contribution >= 0.6 is 0 Å². The van der Waals surface area contributed by atoms with E-state index in [1.165, 1.54) is 34.5 Å². The minimum absolute atomic E-state index is 0.0355. The molecule has 7 heteroatoms. The normalized spacial score (nSPS) is 17.1. The molecule has 2 N–H and O–H groups in total. The average molecular weight is 378 g/mol. The Morgan fingerprint density at radius 3 is 2.86 bits per heavy atom. The van der Waals surface area contributed by atoms with Crippen molar-refractivity contribution in [3.63, 3.8) is 0 Å². The number of hydrogen-bond acceptors (Lipinski definition) is 5. The van der Waals surface area contributed by atoms with Gasteiger partial charge in [0.1, 0.15) is 5.56 Å². The van der Waals surface area contributed by atoms with Gasteiger partial charge in [-0.1, -0.05) is 30.3 Å². The Kier molecular flexibility index (Phi) is 5.08. The van der Waals surface area contributed by atoms with Crippen LogP contribution in [0.3, 0.4) is 0 Å². The number of amides is 1. The zero-order valence-corrected chi connectivity index (χ0v) is 15.4. The van der Waals surface area contributed by atoms with Gasteiger partial charge in [0.25, 0.3) is 11.5 Å². The van der Waals surface area contributed by atoms with Gasteiger partial charge in [0.05, 0.1) is 0 Å². The fourth-order valence-electron chi connectivity index (χ4n) is 3.70. The van der Waals surface area contributed by atoms with Crippen LogP contribution in [0.2, 0.25) is 0 Å². The largest absolute Gasteiger partial charge is 0.504 e. The van der Waals surface area contributed by atoms with E-state index < -0.39 is 11.5 Å². The number of nitrogens with zero attached hydrogens (tertiary/aromatic N) is 3. The van der Waals surface area contributed by atoms with Crippen molar-refractivity contribution in [2.45, 2.75) is 12.3 Å². The number of fused-ring (bicyclic) bond motifs is 1. The summed E-state index contributed by atoms with van der Waals surface area (Å²) in [5.41, 5.74) is 0.955. The predicted octanol–water partition coefficient (Wildman–Crippen LogP) is 1.62. The SMILES string of the molecule is O=C(NCCN1CC[C@H](c2ccccc2)C1)c1cnc2c(O)cccn2c1=O. The van der Waals surface area contributed by atoms with Gasteiger partial charge in [-0.3, -0.25) is 14.0 Å². The molecular formula is C21H22N4O3. The molecule has 0 radical (unpaired) electrons. The molecule has 0 unspecified atom stereocenters. The fourth-order valence-corrected chi connectivity index (χ4v) is 3.70. The van der Waals surface area contributed by atoms with E-state index in [-0.39, 0.29) is 17.0 Å². The molecule has 1 amide bonds. The van der Waals surface area contributed by atoms with Gasteiger partial charge in [-0.2, -0.15) is 0 Å². The van der Waals surface area contributed by atoms with E-state index >= 15 is 0 Å². The Labute approximate surface area is 162 Å². The van der Waals surface area contributed by atoms with Gasteiger partial charge >= 0.3 is 0 Å². The highest BCUT2D eigenvalue weighted by Crippen LogP contribution is 2.26. The number of benzene rings is 1. The van der Waals surface area contributed by atoms with Crippen molar-refractivity contribution in [2.75, 3.05) is 26.2 Å². The number of rotatable bonds is 5. The molecule has 1 fully saturated rings. The van der Waals surface area contributed by atoms with Crippen LogP contribution in [-0.2, 0) is 0 Å². The molecule has 1 saturated heterocycles. The van der Waals surface area contributed by atoms with Crippen molar-refractivity contribution < 1.29 is 9.90 Å². The first-order valence-electron chi connectivity index (χ1n) is 9.38. The molecule has 3 heterocycles. The van der Waals surface area contributed by atoms with Crippen molar-refractivity contribution in [1.82, 2.24) is 19.6 Å². The van der Waals surface area contributed by atoms with E-state index in [1.807, 2.05) is 6.07 Å². The third kappa shape index (κ3) is 3.61. The van der Waals surface area contributed by atoms with E-state index in [9.17, 15) is 14.7 Å². The minimum atomic E-state index is -0.497. The number of carbonyl (C=O) groups excluding carboxylic acids is 1. The highest BCUT2D eigenvalue weighted by atomic mass is 16.3. The van der Waals surface area contributed by atoms with Gasteiger partial charge in [0.2, 0.25) is 0 Å². The Morgan fingerprint density at radius 1 is 1.21 bits per heavy atom. The number of carbonyl (C=O) groups is 1. The Morgan fingerprint density at radius 2 is 2.04 bits per heavy atom. The molecule has 4 rings (SSSR count). The minimum Gasteiger partial charge on any atom is -0.504 e. The van der Waals surface area contributed by atoms with Crippen molar-refractivity contribution in [1.29, 1.82) is 0 Å². The maximum atomic E-state index is 12.5. The molecule has 3 aromatic rings. The molecule has 1 aliphatic heterocycles. The van der Waals surface area contributed by atoms with Crippen LogP contribution < -0.4 is 10.9 Å². The summed E-state index contributed by atoms with van der Waals surface area (Å²) in [6.07, 6.45) is 3.81. The molecule has 0 spiro atoms. The van der Waals surface area contributed by atoms with Gasteiger partial charge < -0.3 is 15.3 Å². The lowest BCUT2D eigenvalue weighted by Crippen LogP contribution is -2.36. The van der Waals surface area contributed by atoms with Crippen LogP contribution in [0.25, 0.3) is 5.65 Å². The molecule has 1 atom stereocenters. The second kappa shape index (κ2) is 7.82. The standard InChI is InChI=1S/C21H22N4O3/c26-18-7-4-10-25-19(18)23-13-17(21(25)28)20(27)22-9-12-24-11-8-16(14-24)15-5-2-1-3-6-15/h1-7,10,13,16,26H,8-9,11-12,14H2,(H,22,27)/t16-/m0/s1. The maximum absolute atomic E-state index is 12.5. The first-order chi connectivity index (χ1) is 13.6. The van der Waals surface area contributed by atoms with Gasteiger partial charge in [-0.25, -0.2) is 4.98 Å². The summed E-state index contributed by atoms with van der Waals surface area (Å²) in [4.78, 5) is 31.2. The van der Waals surface area contributed by atoms with E-state index in [0.717, 1.165) is 26.1 Å². The summed E-state index contributed by atoms with van der Waals surface area (Å²) in [6.45, 7) is 3.16. The number of likely N-dealkylation sites (tertiary alicyclic amines) is 1. The van der Waals surface area contributed by atoms with E-state index in [2.05, 4.69) is 39.5 Å². The highest BCUT2D eigenvalue weighted by molar-refractivity contribution is 5.93. The van der Waals surface area contributed by atoms with Gasteiger partial charge in [0, 0.05) is 32.0 Å². The van der Waals surface area contributed by atoms with Crippen LogP contribution in [-0.4, -0.2) is 51.5 Å². The Bertz CT molecular complexity index is 1050. The number of aromatic nitrogens is 2. The van der Waals surface area contributed by atoms with Crippen LogP contribution in [0.15, 0.2) is 59.7 Å². The Balaban J connectivity index is 1.35. The van der Waals surface area contributed by atoms with Crippen LogP contribution in [0.1, 0.15) is 28.3 Å². The highest BCUT2D eigenvalue weighted by Gasteiger charge is 2.23. The maximum Gasteiger partial charge on any atom is 0.270 e. The summed E-state index contributed by atoms with van der Waals surface area (Å²) in [7, 11) is 0. The van der Waals surface area contributed by atoms with E-state index in [0.29, 0.717) is 12.5 Å². The zero-order chi connectivity index (χ0) is 19.5. The lowest BCUT2D eigenvalue weighted by atomic mass is 9.99. The van der Waals surface area contributed by atoms with Crippen molar-refractivity contribution in [3.8, 4) is 5.75 Å². The van der Waals surface area contributed by atoms with Crippen molar-refractivity contribution in [2.24, 2.45) is 0 Å². The lowest BCUT2D eigenvalue weighted by Gasteiger charge is -2.16. The third-order valence-electron chi connectivity index (χ3n) is 5.21. The van der Waals surface area contributed by atoms with Crippen LogP contribution in [0.4, 0.5) is 0 Å². The summed E-state index contributed by atoms with van der Waals surface area (Å²) in [5, 5.41) is 12.6. The first kappa shape index (κ1) is 18.2. The molecule has 1 aliphatic rings. The smallest absolute Gasteiger partial charge is 0.270 e. The molecule has 0 saturated carbocycles. The quantitative estimate of drug-likeness (QED) is 0.705. The first-order valence-corrected chi connectivity index (χ1v) is 9.38. The second-order valence-corrected chi connectivity index (χ2v) is 7.02. The molecule has 144 valence electrons. The molecule has 1 aromatic carbocycles. The number of aromatic hydroxyl groups is 1. The summed E-state index contributed by atoms with van der Waals surface area (Å²) in [6, 6.07) is 13.4. The third-order valence-corrected chi connectivity index (χ3v) is 5.21. The molecule has 0 aliphatic carbocycles. The van der Waals surface area contributed by atoms with Gasteiger partial charge in [0.15, 0.2) is 11.4 Å². The van der Waals surface area contributed by atoms with Crippen molar-refractivity contribution in [3.05, 3.63) is 76.3 Å². The Hall–Kier alpha value is -3.19.